The highest BCUT2D eigenvalue weighted by Gasteiger charge is 2.17. The van der Waals surface area contributed by atoms with Crippen LogP contribution in [0.1, 0.15) is 25.3 Å². The molecule has 1 aromatic heterocycles. The smallest absolute Gasteiger partial charge is 0.191 e. The summed E-state index contributed by atoms with van der Waals surface area (Å²) < 4.78 is 2.03. The van der Waals surface area contributed by atoms with Gasteiger partial charge in [-0.15, -0.1) is 0 Å². The molecule has 17 heavy (non-hydrogen) atoms. The van der Waals surface area contributed by atoms with Crippen molar-refractivity contribution in [2.24, 2.45) is 23.7 Å². The molecule has 0 aliphatic carbocycles. The third-order valence-electron chi connectivity index (χ3n) is 3.30. The van der Waals surface area contributed by atoms with Gasteiger partial charge in [0, 0.05) is 32.5 Å². The van der Waals surface area contributed by atoms with Crippen LogP contribution < -0.4 is 5.73 Å². The van der Waals surface area contributed by atoms with Crippen LogP contribution in [-0.2, 0) is 13.6 Å². The molecule has 1 aliphatic rings. The summed E-state index contributed by atoms with van der Waals surface area (Å²) in [5.74, 6) is 1.43. The first-order valence-electron chi connectivity index (χ1n) is 6.31. The third-order valence-corrected chi connectivity index (χ3v) is 3.30. The summed E-state index contributed by atoms with van der Waals surface area (Å²) in [5.41, 5.74) is 7.24. The van der Waals surface area contributed by atoms with E-state index in [-0.39, 0.29) is 0 Å². The number of guanidine groups is 1. The summed E-state index contributed by atoms with van der Waals surface area (Å²) in [5, 5.41) is 0. The first-order valence-corrected chi connectivity index (χ1v) is 6.31. The summed E-state index contributed by atoms with van der Waals surface area (Å²) in [6.45, 7) is 5.05. The molecule has 0 radical (unpaired) electrons. The molecule has 2 rings (SSSR count). The first kappa shape index (κ1) is 12.0. The van der Waals surface area contributed by atoms with E-state index in [0.717, 1.165) is 19.0 Å². The van der Waals surface area contributed by atoms with E-state index in [1.165, 1.54) is 18.4 Å². The minimum atomic E-state index is 0.678. The van der Waals surface area contributed by atoms with Crippen LogP contribution in [0.3, 0.4) is 0 Å². The quantitative estimate of drug-likeness (QED) is 0.623. The van der Waals surface area contributed by atoms with Crippen molar-refractivity contribution in [3.8, 4) is 0 Å². The fraction of sp³-hybridized carbons (Fsp3) is 0.615. The molecule has 4 nitrogen and oxygen atoms in total. The van der Waals surface area contributed by atoms with Crippen LogP contribution in [0.15, 0.2) is 23.5 Å². The van der Waals surface area contributed by atoms with Crippen LogP contribution in [0, 0.1) is 5.92 Å². The van der Waals surface area contributed by atoms with Gasteiger partial charge in [-0.1, -0.05) is 6.92 Å². The lowest BCUT2D eigenvalue weighted by molar-refractivity contribution is 0.270. The summed E-state index contributed by atoms with van der Waals surface area (Å²) in [7, 11) is 2.02. The maximum Gasteiger partial charge on any atom is 0.191 e. The van der Waals surface area contributed by atoms with Crippen LogP contribution in [0.25, 0.3) is 0 Å². The van der Waals surface area contributed by atoms with Crippen molar-refractivity contribution in [2.45, 2.75) is 26.3 Å². The summed E-state index contributed by atoms with van der Waals surface area (Å²) in [6, 6.07) is 2.08. The molecule has 1 fully saturated rings. The Morgan fingerprint density at radius 2 is 2.41 bits per heavy atom. The van der Waals surface area contributed by atoms with Crippen molar-refractivity contribution in [1.82, 2.24) is 9.47 Å². The van der Waals surface area contributed by atoms with Crippen LogP contribution in [0.2, 0.25) is 0 Å². The van der Waals surface area contributed by atoms with E-state index in [1.54, 1.807) is 0 Å². The van der Waals surface area contributed by atoms with Crippen LogP contribution in [0.5, 0.6) is 0 Å². The van der Waals surface area contributed by atoms with Crippen LogP contribution in [-0.4, -0.2) is 28.5 Å². The normalized spacial score (nSPS) is 21.9. The van der Waals surface area contributed by atoms with Gasteiger partial charge in [0.2, 0.25) is 0 Å². The zero-order chi connectivity index (χ0) is 12.3. The van der Waals surface area contributed by atoms with Gasteiger partial charge in [-0.25, -0.2) is 4.99 Å². The third kappa shape index (κ3) is 3.25. The molecule has 2 heterocycles. The van der Waals surface area contributed by atoms with Gasteiger partial charge in [-0.05, 0) is 30.4 Å². The standard InChI is InChI=1S/C13H22N4/c1-11-4-3-6-17(9-11)13(14)15-8-12-5-7-16(2)10-12/h5,7,10-11H,3-4,6,8-9H2,1-2H3,(H2,14,15). The number of aliphatic imine (C=N–C) groups is 1. The molecule has 1 saturated heterocycles. The van der Waals surface area contributed by atoms with Crippen molar-refractivity contribution in [1.29, 1.82) is 0 Å². The maximum atomic E-state index is 6.03. The topological polar surface area (TPSA) is 46.5 Å². The number of nitrogens with zero attached hydrogens (tertiary/aromatic N) is 3. The molecular formula is C13H22N4. The summed E-state index contributed by atoms with van der Waals surface area (Å²) >= 11 is 0. The molecule has 1 atom stereocenters. The predicted octanol–water partition coefficient (Wildman–Crippen LogP) is 1.57. The van der Waals surface area contributed by atoms with Gasteiger partial charge in [0.15, 0.2) is 5.96 Å². The van der Waals surface area contributed by atoms with Crippen molar-refractivity contribution in [3.63, 3.8) is 0 Å². The van der Waals surface area contributed by atoms with Crippen molar-refractivity contribution >= 4 is 5.96 Å². The summed E-state index contributed by atoms with van der Waals surface area (Å²) in [4.78, 5) is 6.68. The second-order valence-corrected chi connectivity index (χ2v) is 5.05. The highest BCUT2D eigenvalue weighted by atomic mass is 15.3. The lowest BCUT2D eigenvalue weighted by Gasteiger charge is -2.31. The molecule has 1 aromatic rings. The predicted molar refractivity (Wildman–Crippen MR) is 70.7 cm³/mol. The van der Waals surface area contributed by atoms with Gasteiger partial charge in [0.25, 0.3) is 0 Å². The van der Waals surface area contributed by atoms with Gasteiger partial charge in [-0.3, -0.25) is 0 Å². The number of rotatable bonds is 2. The van der Waals surface area contributed by atoms with E-state index in [4.69, 9.17) is 5.73 Å². The van der Waals surface area contributed by atoms with Gasteiger partial charge in [0.1, 0.15) is 0 Å². The van der Waals surface area contributed by atoms with Crippen molar-refractivity contribution in [3.05, 3.63) is 24.0 Å². The van der Waals surface area contributed by atoms with Gasteiger partial charge in [-0.2, -0.15) is 0 Å². The van der Waals surface area contributed by atoms with Crippen LogP contribution >= 0.6 is 0 Å². The zero-order valence-electron chi connectivity index (χ0n) is 10.8. The maximum absolute atomic E-state index is 6.03. The highest BCUT2D eigenvalue weighted by molar-refractivity contribution is 5.78. The molecule has 0 bridgehead atoms. The van der Waals surface area contributed by atoms with Gasteiger partial charge in [0.05, 0.1) is 6.54 Å². The monoisotopic (exact) mass is 234 g/mol. The second-order valence-electron chi connectivity index (χ2n) is 5.05. The number of piperidine rings is 1. The number of nitrogens with two attached hydrogens (primary N) is 1. The van der Waals surface area contributed by atoms with E-state index in [9.17, 15) is 0 Å². The van der Waals surface area contributed by atoms with E-state index < -0.39 is 0 Å². The zero-order valence-corrected chi connectivity index (χ0v) is 10.8. The average Bonchev–Trinajstić information content (AvgIpc) is 2.72. The average molecular weight is 234 g/mol. The Bertz CT molecular complexity index is 394. The lowest BCUT2D eigenvalue weighted by atomic mass is 10.0. The minimum absolute atomic E-state index is 0.678. The minimum Gasteiger partial charge on any atom is -0.370 e. The Morgan fingerprint density at radius 1 is 1.59 bits per heavy atom. The fourth-order valence-corrected chi connectivity index (χ4v) is 2.32. The molecule has 1 unspecified atom stereocenters. The van der Waals surface area contributed by atoms with Gasteiger partial charge < -0.3 is 15.2 Å². The molecular weight excluding hydrogens is 212 g/mol. The first-order chi connectivity index (χ1) is 8.15. The van der Waals surface area contributed by atoms with Crippen molar-refractivity contribution < 1.29 is 0 Å². The Labute approximate surface area is 103 Å². The molecule has 0 saturated carbocycles. The molecule has 1 aliphatic heterocycles. The number of hydrogen-bond acceptors (Lipinski definition) is 1. The molecule has 0 amide bonds. The molecule has 0 aromatic carbocycles. The van der Waals surface area contributed by atoms with E-state index in [1.807, 2.05) is 17.8 Å². The Balaban J connectivity index is 1.92. The summed E-state index contributed by atoms with van der Waals surface area (Å²) in [6.07, 6.45) is 6.64. The fourth-order valence-electron chi connectivity index (χ4n) is 2.32. The molecule has 2 N–H and O–H groups in total. The Morgan fingerprint density at radius 3 is 3.06 bits per heavy atom. The van der Waals surface area contributed by atoms with Crippen molar-refractivity contribution in [2.75, 3.05) is 13.1 Å². The Hall–Kier alpha value is -1.45. The molecule has 94 valence electrons. The lowest BCUT2D eigenvalue weighted by Crippen LogP contribution is -2.43. The Kier molecular flexibility index (Phi) is 3.71. The highest BCUT2D eigenvalue weighted by Crippen LogP contribution is 2.15. The number of aromatic nitrogens is 1. The largest absolute Gasteiger partial charge is 0.370 e. The SMILES string of the molecule is CC1CCCN(C(N)=NCc2ccn(C)c2)C1. The molecule has 4 heteroatoms. The molecule has 0 spiro atoms. The van der Waals surface area contributed by atoms with E-state index in [2.05, 4.69) is 29.1 Å². The van der Waals surface area contributed by atoms with E-state index in [0.29, 0.717) is 12.5 Å². The van der Waals surface area contributed by atoms with E-state index >= 15 is 0 Å². The number of aryl methyl sites for hydroxylation is 1. The number of hydrogen-bond donors (Lipinski definition) is 1. The number of likely N-dealkylation sites (tertiary alicyclic amines) is 1. The van der Waals surface area contributed by atoms with Gasteiger partial charge >= 0.3 is 0 Å². The van der Waals surface area contributed by atoms with Crippen LogP contribution in [0.4, 0.5) is 0 Å². The second kappa shape index (κ2) is 5.25.